The van der Waals surface area contributed by atoms with Gasteiger partial charge in [0.25, 0.3) is 0 Å². The van der Waals surface area contributed by atoms with Crippen molar-refractivity contribution in [1.29, 1.82) is 0 Å². The first kappa shape index (κ1) is 13.4. The van der Waals surface area contributed by atoms with Gasteiger partial charge in [-0.1, -0.05) is 0 Å². The summed E-state index contributed by atoms with van der Waals surface area (Å²) in [7, 11) is -3.95. The second-order valence-electron chi connectivity index (χ2n) is 3.20. The van der Waals surface area contributed by atoms with Gasteiger partial charge in [-0.2, -0.15) is 0 Å². The van der Waals surface area contributed by atoms with Gasteiger partial charge in [-0.05, 0) is 18.2 Å². The molecule has 0 heterocycles. The van der Waals surface area contributed by atoms with Gasteiger partial charge in [0.2, 0.25) is 15.9 Å². The molecule has 1 aromatic carbocycles. The summed E-state index contributed by atoms with van der Waals surface area (Å²) in [6, 6.07) is 2.98. The summed E-state index contributed by atoms with van der Waals surface area (Å²) >= 11 is 0. The summed E-state index contributed by atoms with van der Waals surface area (Å²) in [6.07, 6.45) is -0.0591. The quantitative estimate of drug-likeness (QED) is 0.760. The van der Waals surface area contributed by atoms with Crippen LogP contribution in [0.1, 0.15) is 6.42 Å². The molecule has 17 heavy (non-hydrogen) atoms. The number of carbonyl (C=O) groups is 1. The second kappa shape index (κ2) is 5.11. The van der Waals surface area contributed by atoms with Crippen LogP contribution in [0.2, 0.25) is 0 Å². The van der Waals surface area contributed by atoms with Crippen molar-refractivity contribution in [1.82, 2.24) is 0 Å². The fourth-order valence-corrected chi connectivity index (χ4v) is 1.56. The summed E-state index contributed by atoms with van der Waals surface area (Å²) in [5.74, 6) is -1.62. The monoisotopic (exact) mass is 262 g/mol. The molecule has 0 atom stereocenters. The van der Waals surface area contributed by atoms with Gasteiger partial charge < -0.3 is 10.5 Å². The minimum absolute atomic E-state index is 0.0591. The van der Waals surface area contributed by atoms with Crippen molar-refractivity contribution >= 4 is 15.9 Å². The zero-order chi connectivity index (χ0) is 13.1. The molecule has 0 spiro atoms. The largest absolute Gasteiger partial charge is 0.490 e. The third-order valence-electron chi connectivity index (χ3n) is 1.84. The maximum absolute atomic E-state index is 13.3. The summed E-state index contributed by atoms with van der Waals surface area (Å²) in [6.45, 7) is -0.0824. The van der Waals surface area contributed by atoms with E-state index in [4.69, 9.17) is 15.6 Å². The topological polar surface area (TPSA) is 112 Å². The molecule has 0 aromatic heterocycles. The highest BCUT2D eigenvalue weighted by Crippen LogP contribution is 2.20. The van der Waals surface area contributed by atoms with Gasteiger partial charge in [-0.25, -0.2) is 17.9 Å². The Labute approximate surface area is 97.4 Å². The molecule has 0 bridgehead atoms. The molecule has 0 saturated heterocycles. The number of sulfonamides is 1. The lowest BCUT2D eigenvalue weighted by Crippen LogP contribution is -2.15. The van der Waals surface area contributed by atoms with Gasteiger partial charge in [-0.15, -0.1) is 0 Å². The summed E-state index contributed by atoms with van der Waals surface area (Å²) < 4.78 is 40.1. The standard InChI is InChI=1S/C9H11FN2O4S/c10-7-5-6(17(12,14)15)1-2-8(7)16-4-3-9(11)13/h1-2,5H,3-4H2,(H2,11,13)(H2,12,14,15). The van der Waals surface area contributed by atoms with Crippen molar-refractivity contribution in [3.8, 4) is 5.75 Å². The molecule has 6 nitrogen and oxygen atoms in total. The molecule has 8 heteroatoms. The molecule has 1 amide bonds. The average Bonchev–Trinajstić information content (AvgIpc) is 2.18. The Morgan fingerprint density at radius 3 is 2.53 bits per heavy atom. The van der Waals surface area contributed by atoms with E-state index in [1.165, 1.54) is 0 Å². The Hall–Kier alpha value is -1.67. The zero-order valence-corrected chi connectivity index (χ0v) is 9.54. The number of benzene rings is 1. The first-order chi connectivity index (χ1) is 7.80. The predicted octanol–water partition coefficient (Wildman–Crippen LogP) is -0.273. The highest BCUT2D eigenvalue weighted by Gasteiger charge is 2.12. The van der Waals surface area contributed by atoms with E-state index in [1.807, 2.05) is 0 Å². The van der Waals surface area contributed by atoms with Gasteiger partial charge in [0, 0.05) is 0 Å². The molecule has 0 unspecified atom stereocenters. The van der Waals surface area contributed by atoms with E-state index in [0.29, 0.717) is 0 Å². The Kier molecular flexibility index (Phi) is 4.02. The van der Waals surface area contributed by atoms with E-state index in [2.05, 4.69) is 0 Å². The number of ether oxygens (including phenoxy) is 1. The molecule has 0 aliphatic rings. The molecule has 1 aromatic rings. The van der Waals surface area contributed by atoms with Crippen LogP contribution >= 0.6 is 0 Å². The molecular weight excluding hydrogens is 251 g/mol. The van der Waals surface area contributed by atoms with E-state index >= 15 is 0 Å². The van der Waals surface area contributed by atoms with E-state index in [0.717, 1.165) is 18.2 Å². The van der Waals surface area contributed by atoms with Gasteiger partial charge in [0.1, 0.15) is 0 Å². The maximum atomic E-state index is 13.3. The molecule has 0 aliphatic carbocycles. The van der Waals surface area contributed by atoms with Crippen LogP contribution in [-0.2, 0) is 14.8 Å². The van der Waals surface area contributed by atoms with Gasteiger partial charge in [-0.3, -0.25) is 4.79 Å². The van der Waals surface area contributed by atoms with E-state index in [-0.39, 0.29) is 23.7 Å². The van der Waals surface area contributed by atoms with Crippen molar-refractivity contribution in [2.75, 3.05) is 6.61 Å². The van der Waals surface area contributed by atoms with Crippen LogP contribution in [0.25, 0.3) is 0 Å². The molecule has 4 N–H and O–H groups in total. The number of carbonyl (C=O) groups excluding carboxylic acids is 1. The van der Waals surface area contributed by atoms with E-state index in [9.17, 15) is 17.6 Å². The Balaban J connectivity index is 2.80. The first-order valence-corrected chi connectivity index (χ1v) is 6.09. The molecule has 0 saturated carbocycles. The van der Waals surface area contributed by atoms with Gasteiger partial charge in [0.15, 0.2) is 11.6 Å². The number of hydrogen-bond acceptors (Lipinski definition) is 4. The van der Waals surface area contributed by atoms with Crippen LogP contribution in [0.3, 0.4) is 0 Å². The number of nitrogens with two attached hydrogens (primary N) is 2. The van der Waals surface area contributed by atoms with E-state index < -0.39 is 21.7 Å². The first-order valence-electron chi connectivity index (χ1n) is 4.54. The van der Waals surface area contributed by atoms with Crippen LogP contribution in [0.15, 0.2) is 23.1 Å². The lowest BCUT2D eigenvalue weighted by molar-refractivity contribution is -0.118. The summed E-state index contributed by atoms with van der Waals surface area (Å²) in [5.41, 5.74) is 4.87. The van der Waals surface area contributed by atoms with Crippen LogP contribution in [0.4, 0.5) is 4.39 Å². The SMILES string of the molecule is NC(=O)CCOc1ccc(S(N)(=O)=O)cc1F. The smallest absolute Gasteiger partial charge is 0.238 e. The van der Waals surface area contributed by atoms with Crippen molar-refractivity contribution < 1.29 is 22.3 Å². The highest BCUT2D eigenvalue weighted by molar-refractivity contribution is 7.89. The number of hydrogen-bond donors (Lipinski definition) is 2. The number of halogens is 1. The number of primary sulfonamides is 1. The maximum Gasteiger partial charge on any atom is 0.238 e. The molecule has 0 aliphatic heterocycles. The Bertz CT molecular complexity index is 530. The average molecular weight is 262 g/mol. The summed E-state index contributed by atoms with van der Waals surface area (Å²) in [4.78, 5) is 10.1. The Morgan fingerprint density at radius 1 is 1.41 bits per heavy atom. The fraction of sp³-hybridized carbons (Fsp3) is 0.222. The lowest BCUT2D eigenvalue weighted by Gasteiger charge is -2.06. The van der Waals surface area contributed by atoms with E-state index in [1.54, 1.807) is 0 Å². The van der Waals surface area contributed by atoms with Gasteiger partial charge in [0.05, 0.1) is 17.9 Å². The Morgan fingerprint density at radius 2 is 2.06 bits per heavy atom. The number of rotatable bonds is 5. The molecule has 0 fully saturated rings. The van der Waals surface area contributed by atoms with Crippen molar-refractivity contribution in [2.45, 2.75) is 11.3 Å². The zero-order valence-electron chi connectivity index (χ0n) is 8.72. The molecule has 1 rings (SSSR count). The van der Waals surface area contributed by atoms with Crippen LogP contribution in [-0.4, -0.2) is 20.9 Å². The van der Waals surface area contributed by atoms with Crippen molar-refractivity contribution in [3.63, 3.8) is 0 Å². The third-order valence-corrected chi connectivity index (χ3v) is 2.75. The normalized spacial score (nSPS) is 11.2. The van der Waals surface area contributed by atoms with Gasteiger partial charge >= 0.3 is 0 Å². The number of primary amides is 1. The third kappa shape index (κ3) is 4.00. The second-order valence-corrected chi connectivity index (χ2v) is 4.76. The predicted molar refractivity (Wildman–Crippen MR) is 57.1 cm³/mol. The molecule has 0 radical (unpaired) electrons. The van der Waals surface area contributed by atoms with Crippen molar-refractivity contribution in [2.24, 2.45) is 10.9 Å². The minimum atomic E-state index is -3.95. The fourth-order valence-electron chi connectivity index (χ4n) is 1.04. The number of amides is 1. The lowest BCUT2D eigenvalue weighted by atomic mass is 10.3. The van der Waals surface area contributed by atoms with Crippen LogP contribution < -0.4 is 15.6 Å². The van der Waals surface area contributed by atoms with Crippen LogP contribution in [0.5, 0.6) is 5.75 Å². The minimum Gasteiger partial charge on any atom is -0.490 e. The van der Waals surface area contributed by atoms with Crippen molar-refractivity contribution in [3.05, 3.63) is 24.0 Å². The molecule has 94 valence electrons. The summed E-state index contributed by atoms with van der Waals surface area (Å²) in [5, 5.41) is 4.82. The van der Waals surface area contributed by atoms with Crippen LogP contribution in [0, 0.1) is 5.82 Å². The highest BCUT2D eigenvalue weighted by atomic mass is 32.2. The molecular formula is C9H11FN2O4S.